The first-order valence-corrected chi connectivity index (χ1v) is 8.65. The van der Waals surface area contributed by atoms with E-state index < -0.39 is 0 Å². The van der Waals surface area contributed by atoms with Crippen LogP contribution in [0.15, 0.2) is 36.4 Å². The van der Waals surface area contributed by atoms with Gasteiger partial charge < -0.3 is 9.64 Å². The summed E-state index contributed by atoms with van der Waals surface area (Å²) in [5, 5.41) is 0. The van der Waals surface area contributed by atoms with E-state index >= 15 is 0 Å². The van der Waals surface area contributed by atoms with E-state index in [1.807, 2.05) is 18.2 Å². The number of benzene rings is 1. The summed E-state index contributed by atoms with van der Waals surface area (Å²) in [6.45, 7) is 4.64. The van der Waals surface area contributed by atoms with Gasteiger partial charge in [-0.2, -0.15) is 0 Å². The zero-order chi connectivity index (χ0) is 15.6. The van der Waals surface area contributed by atoms with E-state index in [1.54, 1.807) is 0 Å². The topological polar surface area (TPSA) is 32.8 Å². The maximum absolute atomic E-state index is 12.7. The molecule has 4 heteroatoms. The fourth-order valence-corrected chi connectivity index (χ4v) is 4.02. The largest absolute Gasteiger partial charge is 0.492 e. The van der Waals surface area contributed by atoms with Crippen molar-refractivity contribution in [2.45, 2.75) is 19.4 Å². The standard InChI is InChI=1S/C19H24N2O2/c22-19(21-12-15-5-1-2-6-16(15)13-21)14-20-9-10-23-18-8-4-3-7-17(18)11-20/h1-4,7-8,15-16H,5-6,9-14H2/t15-,16+. The van der Waals surface area contributed by atoms with Crippen LogP contribution in [0.4, 0.5) is 0 Å². The maximum atomic E-state index is 12.7. The number of hydrogen-bond acceptors (Lipinski definition) is 3. The van der Waals surface area contributed by atoms with Gasteiger partial charge in [-0.05, 0) is 30.7 Å². The molecular weight excluding hydrogens is 288 g/mol. The van der Waals surface area contributed by atoms with Gasteiger partial charge in [0.05, 0.1) is 6.54 Å². The molecule has 1 aliphatic carbocycles. The average Bonchev–Trinajstić information content (AvgIpc) is 2.90. The van der Waals surface area contributed by atoms with Crippen LogP contribution in [-0.4, -0.2) is 48.5 Å². The minimum Gasteiger partial charge on any atom is -0.492 e. The van der Waals surface area contributed by atoms with Crippen molar-refractivity contribution in [2.75, 3.05) is 32.8 Å². The monoisotopic (exact) mass is 312 g/mol. The van der Waals surface area contributed by atoms with Crippen molar-refractivity contribution < 1.29 is 9.53 Å². The third-order valence-corrected chi connectivity index (χ3v) is 5.36. The van der Waals surface area contributed by atoms with Gasteiger partial charge in [0.25, 0.3) is 0 Å². The summed E-state index contributed by atoms with van der Waals surface area (Å²) in [7, 11) is 0. The van der Waals surface area contributed by atoms with Crippen molar-refractivity contribution in [3.63, 3.8) is 0 Å². The molecule has 4 nitrogen and oxygen atoms in total. The Labute approximate surface area is 137 Å². The first-order chi connectivity index (χ1) is 11.3. The summed E-state index contributed by atoms with van der Waals surface area (Å²) in [6.07, 6.45) is 6.83. The third-order valence-electron chi connectivity index (χ3n) is 5.36. The second-order valence-electron chi connectivity index (χ2n) is 6.93. The zero-order valence-electron chi connectivity index (χ0n) is 13.5. The van der Waals surface area contributed by atoms with Gasteiger partial charge >= 0.3 is 0 Å². The quantitative estimate of drug-likeness (QED) is 0.786. The van der Waals surface area contributed by atoms with Crippen molar-refractivity contribution in [3.05, 3.63) is 42.0 Å². The van der Waals surface area contributed by atoms with Gasteiger partial charge in [-0.25, -0.2) is 0 Å². The van der Waals surface area contributed by atoms with Gasteiger partial charge in [-0.15, -0.1) is 0 Å². The van der Waals surface area contributed by atoms with Gasteiger partial charge in [0, 0.05) is 31.7 Å². The van der Waals surface area contributed by atoms with Crippen LogP contribution in [0.5, 0.6) is 5.75 Å². The van der Waals surface area contributed by atoms with Gasteiger partial charge in [-0.3, -0.25) is 9.69 Å². The van der Waals surface area contributed by atoms with Crippen LogP contribution < -0.4 is 4.74 Å². The number of rotatable bonds is 2. The number of allylic oxidation sites excluding steroid dienone is 2. The highest BCUT2D eigenvalue weighted by Gasteiger charge is 2.35. The van der Waals surface area contributed by atoms with Crippen LogP contribution in [-0.2, 0) is 11.3 Å². The molecule has 0 radical (unpaired) electrons. The minimum atomic E-state index is 0.277. The molecular formula is C19H24N2O2. The number of ether oxygens (including phenoxy) is 1. The lowest BCUT2D eigenvalue weighted by Gasteiger charge is -2.23. The number of hydrogen-bond donors (Lipinski definition) is 0. The lowest BCUT2D eigenvalue weighted by atomic mass is 9.86. The Morgan fingerprint density at radius 1 is 1.13 bits per heavy atom. The molecule has 1 aromatic carbocycles. The molecule has 0 saturated carbocycles. The third kappa shape index (κ3) is 3.13. The second-order valence-corrected chi connectivity index (χ2v) is 6.93. The number of carbonyl (C=O) groups excluding carboxylic acids is 1. The van der Waals surface area contributed by atoms with E-state index in [-0.39, 0.29) is 5.91 Å². The van der Waals surface area contributed by atoms with Crippen molar-refractivity contribution in [1.29, 1.82) is 0 Å². The molecule has 1 aromatic rings. The Kier molecular flexibility index (Phi) is 4.08. The summed E-state index contributed by atoms with van der Waals surface area (Å²) in [5.74, 6) is 2.59. The summed E-state index contributed by atoms with van der Waals surface area (Å²) in [5.41, 5.74) is 1.18. The van der Waals surface area contributed by atoms with E-state index in [4.69, 9.17) is 4.74 Å². The molecule has 0 spiro atoms. The van der Waals surface area contributed by atoms with Gasteiger partial charge in [0.1, 0.15) is 12.4 Å². The van der Waals surface area contributed by atoms with Crippen LogP contribution in [0.3, 0.4) is 0 Å². The Balaban J connectivity index is 1.38. The van der Waals surface area contributed by atoms with Crippen molar-refractivity contribution in [3.8, 4) is 5.75 Å². The van der Waals surface area contributed by atoms with Crippen LogP contribution in [0.25, 0.3) is 0 Å². The predicted octanol–water partition coefficient (Wildman–Crippen LogP) is 2.31. The van der Waals surface area contributed by atoms with Crippen LogP contribution in [0.2, 0.25) is 0 Å². The molecule has 0 unspecified atom stereocenters. The fourth-order valence-electron chi connectivity index (χ4n) is 4.02. The van der Waals surface area contributed by atoms with Crippen molar-refractivity contribution in [1.82, 2.24) is 9.80 Å². The van der Waals surface area contributed by atoms with Gasteiger partial charge in [0.15, 0.2) is 0 Å². The summed E-state index contributed by atoms with van der Waals surface area (Å²) in [4.78, 5) is 17.0. The smallest absolute Gasteiger partial charge is 0.236 e. The lowest BCUT2D eigenvalue weighted by molar-refractivity contribution is -0.131. The highest BCUT2D eigenvalue weighted by molar-refractivity contribution is 5.78. The highest BCUT2D eigenvalue weighted by Crippen LogP contribution is 2.32. The molecule has 122 valence electrons. The predicted molar refractivity (Wildman–Crippen MR) is 89.1 cm³/mol. The first-order valence-electron chi connectivity index (χ1n) is 8.65. The average molecular weight is 312 g/mol. The molecule has 4 rings (SSSR count). The number of nitrogens with zero attached hydrogens (tertiary/aromatic N) is 2. The molecule has 0 N–H and O–H groups in total. The van der Waals surface area contributed by atoms with Gasteiger partial charge in [0.2, 0.25) is 5.91 Å². The molecule has 3 aliphatic rings. The summed E-state index contributed by atoms with van der Waals surface area (Å²) in [6, 6.07) is 8.14. The highest BCUT2D eigenvalue weighted by atomic mass is 16.5. The number of likely N-dealkylation sites (tertiary alicyclic amines) is 1. The molecule has 2 atom stereocenters. The molecule has 1 fully saturated rings. The van der Waals surface area contributed by atoms with Gasteiger partial charge in [-0.1, -0.05) is 30.4 Å². The number of carbonyl (C=O) groups is 1. The summed E-state index contributed by atoms with van der Waals surface area (Å²) >= 11 is 0. The number of amides is 1. The fraction of sp³-hybridized carbons (Fsp3) is 0.526. The molecule has 2 aliphatic heterocycles. The molecule has 1 saturated heterocycles. The maximum Gasteiger partial charge on any atom is 0.236 e. The number of fused-ring (bicyclic) bond motifs is 2. The Bertz CT molecular complexity index is 597. The van der Waals surface area contributed by atoms with Crippen LogP contribution >= 0.6 is 0 Å². The lowest BCUT2D eigenvalue weighted by Crippen LogP contribution is -2.40. The molecule has 2 heterocycles. The van der Waals surface area contributed by atoms with Crippen molar-refractivity contribution in [2.24, 2.45) is 11.8 Å². The molecule has 0 aromatic heterocycles. The molecule has 1 amide bonds. The first kappa shape index (κ1) is 14.8. The van der Waals surface area contributed by atoms with E-state index in [0.717, 1.165) is 44.8 Å². The Morgan fingerprint density at radius 2 is 1.87 bits per heavy atom. The normalized spacial score (nSPS) is 27.0. The zero-order valence-corrected chi connectivity index (χ0v) is 13.5. The number of para-hydroxylation sites is 1. The SMILES string of the molecule is O=C(CN1CCOc2ccccc2C1)N1C[C@H]2CC=CC[C@H]2C1. The van der Waals surface area contributed by atoms with Crippen LogP contribution in [0, 0.1) is 11.8 Å². The van der Waals surface area contributed by atoms with Crippen molar-refractivity contribution >= 4 is 5.91 Å². The Morgan fingerprint density at radius 3 is 2.65 bits per heavy atom. The minimum absolute atomic E-state index is 0.277. The van der Waals surface area contributed by atoms with Crippen LogP contribution in [0.1, 0.15) is 18.4 Å². The Hall–Kier alpha value is -1.81. The second kappa shape index (κ2) is 6.36. The summed E-state index contributed by atoms with van der Waals surface area (Å²) < 4.78 is 5.79. The molecule has 0 bridgehead atoms. The van der Waals surface area contributed by atoms with E-state index in [9.17, 15) is 4.79 Å². The van der Waals surface area contributed by atoms with E-state index in [0.29, 0.717) is 25.0 Å². The van der Waals surface area contributed by atoms with E-state index in [1.165, 1.54) is 5.56 Å². The van der Waals surface area contributed by atoms with E-state index in [2.05, 4.69) is 28.0 Å². The molecule has 23 heavy (non-hydrogen) atoms.